The number of esters is 1. The largest absolute Gasteiger partial charge is 0.466 e. The Hall–Kier alpha value is -1.84. The molecule has 3 rings (SSSR count). The van der Waals surface area contributed by atoms with Crippen LogP contribution in [0.15, 0.2) is 37.0 Å². The number of rotatable bonds is 5. The van der Waals surface area contributed by atoms with Gasteiger partial charge in [-0.1, -0.05) is 30.4 Å². The highest BCUT2D eigenvalue weighted by atomic mass is 16.5. The molecule has 0 spiro atoms. The molecule has 1 heterocycles. The lowest BCUT2D eigenvalue weighted by Gasteiger charge is -2.38. The van der Waals surface area contributed by atoms with Crippen LogP contribution in [0.25, 0.3) is 0 Å². The van der Waals surface area contributed by atoms with Crippen molar-refractivity contribution in [1.82, 2.24) is 4.90 Å². The predicted molar refractivity (Wildman–Crippen MR) is 83.9 cm³/mol. The van der Waals surface area contributed by atoms with Crippen molar-refractivity contribution in [3.8, 4) is 0 Å². The first-order valence-corrected chi connectivity index (χ1v) is 8.03. The van der Waals surface area contributed by atoms with E-state index in [0.717, 1.165) is 19.3 Å². The molecule has 118 valence electrons. The van der Waals surface area contributed by atoms with Crippen LogP contribution in [0.1, 0.15) is 32.6 Å². The molecular formula is C18H23NO3. The first-order valence-electron chi connectivity index (χ1n) is 8.03. The van der Waals surface area contributed by atoms with Gasteiger partial charge in [-0.2, -0.15) is 0 Å². The van der Waals surface area contributed by atoms with Gasteiger partial charge in [0.25, 0.3) is 0 Å². The zero-order valence-corrected chi connectivity index (χ0v) is 13.1. The molecule has 1 amide bonds. The molecule has 0 aromatic rings. The average molecular weight is 301 g/mol. The van der Waals surface area contributed by atoms with Gasteiger partial charge >= 0.3 is 5.97 Å². The molecule has 3 aliphatic rings. The molecule has 2 atom stereocenters. The zero-order chi connectivity index (χ0) is 15.8. The number of amides is 1. The van der Waals surface area contributed by atoms with Crippen molar-refractivity contribution in [2.24, 2.45) is 11.3 Å². The molecule has 1 aliphatic heterocycles. The summed E-state index contributed by atoms with van der Waals surface area (Å²) in [6.07, 6.45) is 12.7. The van der Waals surface area contributed by atoms with E-state index >= 15 is 0 Å². The van der Waals surface area contributed by atoms with Crippen LogP contribution in [-0.4, -0.2) is 35.5 Å². The summed E-state index contributed by atoms with van der Waals surface area (Å²) in [5, 5.41) is 0. The minimum Gasteiger partial charge on any atom is -0.466 e. The van der Waals surface area contributed by atoms with Crippen molar-refractivity contribution in [1.29, 1.82) is 0 Å². The third-order valence-electron chi connectivity index (χ3n) is 5.31. The summed E-state index contributed by atoms with van der Waals surface area (Å²) < 4.78 is 5.23. The predicted octanol–water partition coefficient (Wildman–Crippen LogP) is 2.62. The Bertz CT molecular complexity index is 559. The fourth-order valence-electron chi connectivity index (χ4n) is 3.76. The molecule has 0 radical (unpaired) electrons. The number of ether oxygens (including phenoxy) is 1. The van der Waals surface area contributed by atoms with Gasteiger partial charge in [-0.3, -0.25) is 9.59 Å². The summed E-state index contributed by atoms with van der Waals surface area (Å²) in [5.41, 5.74) is -0.859. The Labute approximate surface area is 131 Å². The second-order valence-electron chi connectivity index (χ2n) is 6.47. The lowest BCUT2D eigenvalue weighted by molar-refractivity contribution is -0.151. The average Bonchev–Trinajstić information content (AvgIpc) is 3.26. The quantitative estimate of drug-likeness (QED) is 0.579. The monoisotopic (exact) mass is 301 g/mol. The molecule has 0 bridgehead atoms. The molecule has 2 fully saturated rings. The van der Waals surface area contributed by atoms with Crippen LogP contribution in [0.3, 0.4) is 0 Å². The third kappa shape index (κ3) is 2.21. The Morgan fingerprint density at radius 3 is 2.82 bits per heavy atom. The van der Waals surface area contributed by atoms with Gasteiger partial charge in [-0.05, 0) is 26.2 Å². The molecule has 0 N–H and O–H groups in total. The summed E-state index contributed by atoms with van der Waals surface area (Å²) in [4.78, 5) is 26.7. The summed E-state index contributed by atoms with van der Waals surface area (Å²) in [5.74, 6) is 0.0528. The SMILES string of the molecule is C=C[C@]1(N2CC(C3(C(=O)OCC)CC3)CC2=O)C=CC=CC1. The van der Waals surface area contributed by atoms with E-state index in [4.69, 9.17) is 4.74 Å². The topological polar surface area (TPSA) is 46.6 Å². The van der Waals surface area contributed by atoms with E-state index in [-0.39, 0.29) is 17.8 Å². The van der Waals surface area contributed by atoms with E-state index in [1.807, 2.05) is 36.1 Å². The fourth-order valence-corrected chi connectivity index (χ4v) is 3.76. The minimum absolute atomic E-state index is 0.0650. The Balaban J connectivity index is 1.79. The van der Waals surface area contributed by atoms with E-state index in [1.165, 1.54) is 0 Å². The van der Waals surface area contributed by atoms with Crippen LogP contribution in [0.5, 0.6) is 0 Å². The van der Waals surface area contributed by atoms with E-state index in [1.54, 1.807) is 0 Å². The molecule has 0 aromatic heterocycles. The molecule has 0 aromatic carbocycles. The maximum absolute atomic E-state index is 12.6. The van der Waals surface area contributed by atoms with Gasteiger partial charge < -0.3 is 9.64 Å². The maximum Gasteiger partial charge on any atom is 0.312 e. The molecule has 4 heteroatoms. The number of nitrogens with zero attached hydrogens (tertiary/aromatic N) is 1. The van der Waals surface area contributed by atoms with E-state index in [0.29, 0.717) is 19.6 Å². The summed E-state index contributed by atoms with van der Waals surface area (Å²) in [6, 6.07) is 0. The van der Waals surface area contributed by atoms with Gasteiger partial charge in [-0.25, -0.2) is 0 Å². The standard InChI is InChI=1S/C18H23NO3/c1-3-17(8-6-5-7-9-17)19-13-14(12-15(19)20)18(10-11-18)16(21)22-4-2/h3,5-8,14H,1,4,9-13H2,2H3/t14?,17-/m0/s1. The lowest BCUT2D eigenvalue weighted by Crippen LogP contribution is -2.47. The van der Waals surface area contributed by atoms with Crippen molar-refractivity contribution in [2.45, 2.75) is 38.1 Å². The van der Waals surface area contributed by atoms with Crippen molar-refractivity contribution < 1.29 is 14.3 Å². The molecule has 1 saturated carbocycles. The van der Waals surface area contributed by atoms with E-state index < -0.39 is 11.0 Å². The zero-order valence-electron chi connectivity index (χ0n) is 13.1. The van der Waals surface area contributed by atoms with Gasteiger partial charge in [-0.15, -0.1) is 6.58 Å². The Morgan fingerprint density at radius 1 is 1.50 bits per heavy atom. The van der Waals surface area contributed by atoms with Gasteiger partial charge in [0.2, 0.25) is 5.91 Å². The highest BCUT2D eigenvalue weighted by Gasteiger charge is 2.60. The molecule has 22 heavy (non-hydrogen) atoms. The maximum atomic E-state index is 12.6. The number of carbonyl (C=O) groups is 2. The van der Waals surface area contributed by atoms with Crippen molar-refractivity contribution in [2.75, 3.05) is 13.2 Å². The van der Waals surface area contributed by atoms with Crippen LogP contribution in [0.4, 0.5) is 0 Å². The van der Waals surface area contributed by atoms with Crippen LogP contribution in [0.2, 0.25) is 0 Å². The summed E-state index contributed by atoms with van der Waals surface area (Å²) in [6.45, 7) is 6.77. The first-order chi connectivity index (χ1) is 10.6. The number of likely N-dealkylation sites (tertiary alicyclic amines) is 1. The highest BCUT2D eigenvalue weighted by molar-refractivity contribution is 5.85. The van der Waals surface area contributed by atoms with Crippen LogP contribution in [-0.2, 0) is 14.3 Å². The first kappa shape index (κ1) is 15.1. The second-order valence-corrected chi connectivity index (χ2v) is 6.47. The third-order valence-corrected chi connectivity index (χ3v) is 5.31. The van der Waals surface area contributed by atoms with E-state index in [2.05, 4.69) is 12.7 Å². The molecular weight excluding hydrogens is 278 g/mol. The highest BCUT2D eigenvalue weighted by Crippen LogP contribution is 2.56. The second kappa shape index (κ2) is 5.41. The van der Waals surface area contributed by atoms with Gasteiger partial charge in [0, 0.05) is 18.9 Å². The molecule has 1 saturated heterocycles. The number of hydrogen-bond donors (Lipinski definition) is 0. The van der Waals surface area contributed by atoms with Crippen molar-refractivity contribution in [3.05, 3.63) is 37.0 Å². The molecule has 2 aliphatic carbocycles. The molecule has 4 nitrogen and oxygen atoms in total. The van der Waals surface area contributed by atoms with Crippen molar-refractivity contribution >= 4 is 11.9 Å². The Morgan fingerprint density at radius 2 is 2.27 bits per heavy atom. The summed E-state index contributed by atoms with van der Waals surface area (Å²) >= 11 is 0. The lowest BCUT2D eigenvalue weighted by atomic mass is 9.87. The summed E-state index contributed by atoms with van der Waals surface area (Å²) in [7, 11) is 0. The number of allylic oxidation sites excluding steroid dienone is 2. The van der Waals surface area contributed by atoms with Gasteiger partial charge in [0.1, 0.15) is 0 Å². The van der Waals surface area contributed by atoms with Gasteiger partial charge in [0.15, 0.2) is 0 Å². The van der Waals surface area contributed by atoms with Crippen molar-refractivity contribution in [3.63, 3.8) is 0 Å². The normalized spacial score (nSPS) is 32.1. The minimum atomic E-state index is -0.439. The van der Waals surface area contributed by atoms with E-state index in [9.17, 15) is 9.59 Å². The van der Waals surface area contributed by atoms with Gasteiger partial charge in [0.05, 0.1) is 17.6 Å². The smallest absolute Gasteiger partial charge is 0.312 e. The van der Waals surface area contributed by atoms with Crippen LogP contribution >= 0.6 is 0 Å². The molecule has 1 unspecified atom stereocenters. The number of hydrogen-bond acceptors (Lipinski definition) is 3. The van der Waals surface area contributed by atoms with Crippen LogP contribution < -0.4 is 0 Å². The van der Waals surface area contributed by atoms with Crippen LogP contribution in [0, 0.1) is 11.3 Å². The fraction of sp³-hybridized carbons (Fsp3) is 0.556. The Kier molecular flexibility index (Phi) is 3.71. The number of carbonyl (C=O) groups excluding carboxylic acids is 2.